The number of anilines is 1. The van der Waals surface area contributed by atoms with Gasteiger partial charge in [0.15, 0.2) is 5.76 Å². The van der Waals surface area contributed by atoms with Gasteiger partial charge in [-0.2, -0.15) is 0 Å². The number of rotatable bonds is 6. The molecule has 3 rings (SSSR count). The second kappa shape index (κ2) is 6.70. The molecule has 23 heavy (non-hydrogen) atoms. The number of carbonyl (C=O) groups is 1. The Labute approximate surface area is 134 Å². The van der Waals surface area contributed by atoms with Gasteiger partial charge in [0.1, 0.15) is 0 Å². The molecule has 0 saturated carbocycles. The molecule has 3 N–H and O–H groups in total. The fourth-order valence-corrected chi connectivity index (χ4v) is 2.26. The summed E-state index contributed by atoms with van der Waals surface area (Å²) in [5.41, 5.74) is 6.72. The van der Waals surface area contributed by atoms with E-state index in [1.807, 2.05) is 42.5 Å². The minimum atomic E-state index is -0.203. The van der Waals surface area contributed by atoms with E-state index in [-0.39, 0.29) is 12.5 Å². The Balaban J connectivity index is 1.55. The van der Waals surface area contributed by atoms with Crippen molar-refractivity contribution in [2.45, 2.75) is 0 Å². The van der Waals surface area contributed by atoms with Crippen molar-refractivity contribution in [2.24, 2.45) is 0 Å². The van der Waals surface area contributed by atoms with Crippen LogP contribution in [0.4, 0.5) is 5.69 Å². The Morgan fingerprint density at radius 1 is 1.00 bits per heavy atom. The molecule has 2 aromatic carbocycles. The SMILES string of the molecule is C=C(NNC(=O)CNc1cccc2ccccc12)c1ccco1. The number of nitrogens with one attached hydrogen (secondary N) is 3. The summed E-state index contributed by atoms with van der Waals surface area (Å²) in [6.07, 6.45) is 1.55. The molecule has 1 heterocycles. The third-order valence-corrected chi connectivity index (χ3v) is 3.40. The number of hydrazine groups is 1. The molecular formula is C18H17N3O2. The quantitative estimate of drug-likeness (QED) is 0.612. The summed E-state index contributed by atoms with van der Waals surface area (Å²) in [4.78, 5) is 11.9. The van der Waals surface area contributed by atoms with Crippen molar-refractivity contribution in [1.29, 1.82) is 0 Å². The Bertz CT molecular complexity index is 820. The van der Waals surface area contributed by atoms with Crippen molar-refractivity contribution in [2.75, 3.05) is 11.9 Å². The number of carbonyl (C=O) groups excluding carboxylic acids is 1. The Morgan fingerprint density at radius 3 is 2.65 bits per heavy atom. The second-order valence-electron chi connectivity index (χ2n) is 5.01. The number of benzene rings is 2. The van der Waals surface area contributed by atoms with Crippen LogP contribution in [0.1, 0.15) is 5.76 Å². The van der Waals surface area contributed by atoms with Gasteiger partial charge in [-0.3, -0.25) is 15.6 Å². The van der Waals surface area contributed by atoms with Crippen molar-refractivity contribution in [1.82, 2.24) is 10.9 Å². The van der Waals surface area contributed by atoms with Crippen LogP contribution in [0, 0.1) is 0 Å². The van der Waals surface area contributed by atoms with Crippen LogP contribution in [0.2, 0.25) is 0 Å². The van der Waals surface area contributed by atoms with E-state index in [1.54, 1.807) is 18.4 Å². The molecule has 0 fully saturated rings. The lowest BCUT2D eigenvalue weighted by molar-refractivity contribution is -0.120. The molecular weight excluding hydrogens is 290 g/mol. The van der Waals surface area contributed by atoms with Crippen LogP contribution in [0.3, 0.4) is 0 Å². The summed E-state index contributed by atoms with van der Waals surface area (Å²) in [5, 5.41) is 5.35. The van der Waals surface area contributed by atoms with Crippen molar-refractivity contribution in [3.05, 3.63) is 73.2 Å². The maximum atomic E-state index is 11.9. The third kappa shape index (κ3) is 3.52. The van der Waals surface area contributed by atoms with Crippen LogP contribution in [-0.4, -0.2) is 12.5 Å². The summed E-state index contributed by atoms with van der Waals surface area (Å²) < 4.78 is 5.18. The molecule has 116 valence electrons. The molecule has 0 unspecified atom stereocenters. The molecule has 1 amide bonds. The van der Waals surface area contributed by atoms with Crippen LogP contribution < -0.4 is 16.2 Å². The molecule has 0 aliphatic rings. The first kappa shape index (κ1) is 14.7. The van der Waals surface area contributed by atoms with Gasteiger partial charge in [-0.05, 0) is 23.6 Å². The van der Waals surface area contributed by atoms with E-state index in [4.69, 9.17) is 4.42 Å². The summed E-state index contributed by atoms with van der Waals surface area (Å²) in [6.45, 7) is 3.93. The highest BCUT2D eigenvalue weighted by atomic mass is 16.3. The maximum Gasteiger partial charge on any atom is 0.257 e. The lowest BCUT2D eigenvalue weighted by atomic mass is 10.1. The standard InChI is InChI=1S/C18H17N3O2/c1-13(17-10-5-11-23-17)20-21-18(22)12-19-16-9-4-7-14-6-2-3-8-15(14)16/h2-11,19-20H,1,12H2,(H,21,22). The first-order valence-corrected chi connectivity index (χ1v) is 7.23. The second-order valence-corrected chi connectivity index (χ2v) is 5.01. The zero-order valence-corrected chi connectivity index (χ0v) is 12.5. The molecule has 5 heteroatoms. The Kier molecular flexibility index (Phi) is 4.29. The van der Waals surface area contributed by atoms with Crippen LogP contribution in [0.5, 0.6) is 0 Å². The highest BCUT2D eigenvalue weighted by molar-refractivity contribution is 5.95. The molecule has 5 nitrogen and oxygen atoms in total. The average Bonchev–Trinajstić information content (AvgIpc) is 3.12. The number of hydrogen-bond acceptors (Lipinski definition) is 4. The van der Waals surface area contributed by atoms with Gasteiger partial charge in [0.2, 0.25) is 0 Å². The van der Waals surface area contributed by atoms with E-state index in [1.165, 1.54) is 0 Å². The average molecular weight is 307 g/mol. The van der Waals surface area contributed by atoms with E-state index in [9.17, 15) is 4.79 Å². The lowest BCUT2D eigenvalue weighted by Gasteiger charge is -2.12. The summed E-state index contributed by atoms with van der Waals surface area (Å²) in [5.74, 6) is 0.373. The zero-order valence-electron chi connectivity index (χ0n) is 12.5. The van der Waals surface area contributed by atoms with Crippen molar-refractivity contribution < 1.29 is 9.21 Å². The minimum Gasteiger partial charge on any atom is -0.463 e. The van der Waals surface area contributed by atoms with E-state index in [2.05, 4.69) is 22.7 Å². The molecule has 0 bridgehead atoms. The van der Waals surface area contributed by atoms with Crippen molar-refractivity contribution in [3.63, 3.8) is 0 Å². The number of hydrogen-bond donors (Lipinski definition) is 3. The Morgan fingerprint density at radius 2 is 1.83 bits per heavy atom. The highest BCUT2D eigenvalue weighted by Gasteiger charge is 2.05. The van der Waals surface area contributed by atoms with Crippen LogP contribution in [-0.2, 0) is 4.79 Å². The zero-order chi connectivity index (χ0) is 16.1. The van der Waals surface area contributed by atoms with Crippen molar-refractivity contribution in [3.8, 4) is 0 Å². The molecule has 0 aliphatic heterocycles. The van der Waals surface area contributed by atoms with Gasteiger partial charge >= 0.3 is 0 Å². The molecule has 3 aromatic rings. The fraction of sp³-hybridized carbons (Fsp3) is 0.0556. The number of furan rings is 1. The van der Waals surface area contributed by atoms with Crippen LogP contribution in [0.15, 0.2) is 71.9 Å². The van der Waals surface area contributed by atoms with Crippen molar-refractivity contribution >= 4 is 28.1 Å². The van der Waals surface area contributed by atoms with Gasteiger partial charge in [-0.1, -0.05) is 43.0 Å². The summed E-state index contributed by atoms with van der Waals surface area (Å²) >= 11 is 0. The first-order valence-electron chi connectivity index (χ1n) is 7.23. The molecule has 1 aromatic heterocycles. The maximum absolute atomic E-state index is 11.9. The number of fused-ring (bicyclic) bond motifs is 1. The highest BCUT2D eigenvalue weighted by Crippen LogP contribution is 2.22. The first-order chi connectivity index (χ1) is 11.2. The van der Waals surface area contributed by atoms with E-state index < -0.39 is 0 Å². The van der Waals surface area contributed by atoms with Gasteiger partial charge in [-0.15, -0.1) is 0 Å². The molecule has 0 aliphatic carbocycles. The largest absolute Gasteiger partial charge is 0.463 e. The number of amides is 1. The predicted octanol–water partition coefficient (Wildman–Crippen LogP) is 3.14. The van der Waals surface area contributed by atoms with Crippen LogP contribution in [0.25, 0.3) is 16.5 Å². The topological polar surface area (TPSA) is 66.3 Å². The minimum absolute atomic E-state index is 0.145. The summed E-state index contributed by atoms with van der Waals surface area (Å²) in [7, 11) is 0. The fourth-order valence-electron chi connectivity index (χ4n) is 2.26. The molecule has 0 atom stereocenters. The van der Waals surface area contributed by atoms with E-state index >= 15 is 0 Å². The van der Waals surface area contributed by atoms with Gasteiger partial charge in [0.05, 0.1) is 18.5 Å². The normalized spacial score (nSPS) is 10.3. The van der Waals surface area contributed by atoms with Crippen LogP contribution >= 0.6 is 0 Å². The molecule has 0 radical (unpaired) electrons. The predicted molar refractivity (Wildman–Crippen MR) is 91.5 cm³/mol. The van der Waals surface area contributed by atoms with E-state index in [0.717, 1.165) is 16.5 Å². The third-order valence-electron chi connectivity index (χ3n) is 3.40. The van der Waals surface area contributed by atoms with E-state index in [0.29, 0.717) is 11.5 Å². The smallest absolute Gasteiger partial charge is 0.257 e. The lowest BCUT2D eigenvalue weighted by Crippen LogP contribution is -2.39. The van der Waals surface area contributed by atoms with Gasteiger partial charge in [0, 0.05) is 11.1 Å². The van der Waals surface area contributed by atoms with Gasteiger partial charge < -0.3 is 9.73 Å². The molecule has 0 saturated heterocycles. The van der Waals surface area contributed by atoms with Gasteiger partial charge in [-0.25, -0.2) is 0 Å². The molecule has 0 spiro atoms. The monoisotopic (exact) mass is 307 g/mol. The summed E-state index contributed by atoms with van der Waals surface area (Å²) in [6, 6.07) is 17.5. The van der Waals surface area contributed by atoms with Gasteiger partial charge in [0.25, 0.3) is 5.91 Å². The Hall–Kier alpha value is -3.21.